The van der Waals surface area contributed by atoms with Crippen LogP contribution in [0.25, 0.3) is 27.7 Å². The number of halogens is 5. The molecule has 0 spiro atoms. The van der Waals surface area contributed by atoms with Gasteiger partial charge in [-0.2, -0.15) is 18.2 Å². The number of hydrogen-bond donors (Lipinski definition) is 1. The lowest BCUT2D eigenvalue weighted by atomic mass is 10.1. The molecule has 1 aliphatic rings. The van der Waals surface area contributed by atoms with Gasteiger partial charge in [-0.25, -0.2) is 18.0 Å². The van der Waals surface area contributed by atoms with E-state index in [1.807, 2.05) is 0 Å². The Balaban J connectivity index is 1.54. The monoisotopic (exact) mass is 482 g/mol. The van der Waals surface area contributed by atoms with Gasteiger partial charge in [0.15, 0.2) is 0 Å². The van der Waals surface area contributed by atoms with Crippen LogP contribution in [0.3, 0.4) is 0 Å². The molecule has 3 aromatic heterocycles. The van der Waals surface area contributed by atoms with Gasteiger partial charge in [0.25, 0.3) is 5.92 Å². The molecule has 0 bridgehead atoms. The maximum atomic E-state index is 14.2. The lowest BCUT2D eigenvalue weighted by Gasteiger charge is -2.19. The summed E-state index contributed by atoms with van der Waals surface area (Å²) in [6.07, 6.45) is -2.86. The van der Waals surface area contributed by atoms with E-state index in [9.17, 15) is 22.0 Å². The topological polar surface area (TPSA) is 85.4 Å². The second-order valence-electron chi connectivity index (χ2n) is 8.19. The number of alkyl halides is 5. The van der Waals surface area contributed by atoms with Gasteiger partial charge in [-0.05, 0) is 30.8 Å². The molecule has 34 heavy (non-hydrogen) atoms. The number of nitrogens with one attached hydrogen (secondary N) is 1. The summed E-state index contributed by atoms with van der Waals surface area (Å²) >= 11 is 0. The third-order valence-corrected chi connectivity index (χ3v) is 5.61. The summed E-state index contributed by atoms with van der Waals surface area (Å²) in [7, 11) is 2.98. The van der Waals surface area contributed by atoms with Crippen molar-refractivity contribution in [2.24, 2.45) is 0 Å². The Morgan fingerprint density at radius 3 is 2.71 bits per heavy atom. The van der Waals surface area contributed by atoms with Crippen molar-refractivity contribution in [1.29, 1.82) is 0 Å². The number of anilines is 1. The van der Waals surface area contributed by atoms with Crippen molar-refractivity contribution >= 4 is 22.5 Å². The van der Waals surface area contributed by atoms with Crippen molar-refractivity contribution in [1.82, 2.24) is 34.5 Å². The number of methoxy groups -OCH3 is 1. The average Bonchev–Trinajstić information content (AvgIpc) is 3.41. The van der Waals surface area contributed by atoms with Crippen LogP contribution in [0.4, 0.5) is 27.9 Å². The number of hydrogen-bond acceptors (Lipinski definition) is 7. The molecule has 1 unspecified atom stereocenters. The summed E-state index contributed by atoms with van der Waals surface area (Å²) < 4.78 is 74.8. The van der Waals surface area contributed by atoms with E-state index in [-0.39, 0.29) is 30.4 Å². The van der Waals surface area contributed by atoms with Gasteiger partial charge in [-0.1, -0.05) is 11.3 Å². The number of likely N-dealkylation sites (tertiary alicyclic amines) is 1. The lowest BCUT2D eigenvalue weighted by Crippen LogP contribution is -2.38. The number of rotatable bonds is 5. The first-order chi connectivity index (χ1) is 16.0. The standard InChI is InChI=1S/C20H19F5N8O/c1-31-8-15(19(21,22)9-31)26-18-27-17(34-2)16-12(5-6-32(16)29-18)11-3-4-13-14(7-11)33(30-28-13)10-20(23,24)25/h3-7,15H,8-10H2,1-2H3,(H,26,29). The minimum Gasteiger partial charge on any atom is -0.479 e. The molecule has 1 aliphatic heterocycles. The van der Waals surface area contributed by atoms with E-state index < -0.39 is 24.7 Å². The van der Waals surface area contributed by atoms with Crippen molar-refractivity contribution in [2.75, 3.05) is 32.6 Å². The second-order valence-corrected chi connectivity index (χ2v) is 8.19. The van der Waals surface area contributed by atoms with Gasteiger partial charge in [0, 0.05) is 18.3 Å². The van der Waals surface area contributed by atoms with E-state index in [0.29, 0.717) is 22.2 Å². The van der Waals surface area contributed by atoms with Crippen LogP contribution >= 0.6 is 0 Å². The Kier molecular flexibility index (Phi) is 5.07. The molecule has 0 aliphatic carbocycles. The van der Waals surface area contributed by atoms with Crippen LogP contribution in [0.2, 0.25) is 0 Å². The Morgan fingerprint density at radius 2 is 2.03 bits per heavy atom. The van der Waals surface area contributed by atoms with Gasteiger partial charge in [0.2, 0.25) is 11.8 Å². The third kappa shape index (κ3) is 3.97. The van der Waals surface area contributed by atoms with Crippen LogP contribution in [0.15, 0.2) is 30.5 Å². The Bertz CT molecular complexity index is 1360. The van der Waals surface area contributed by atoms with Gasteiger partial charge in [-0.15, -0.1) is 10.2 Å². The zero-order valence-corrected chi connectivity index (χ0v) is 18.0. The van der Waals surface area contributed by atoms with Crippen molar-refractivity contribution in [3.05, 3.63) is 30.5 Å². The van der Waals surface area contributed by atoms with Crippen LogP contribution in [-0.4, -0.2) is 79.9 Å². The molecule has 0 saturated carbocycles. The zero-order valence-electron chi connectivity index (χ0n) is 18.0. The minimum absolute atomic E-state index is 0.0330. The second kappa shape index (κ2) is 7.75. The predicted molar refractivity (Wildman–Crippen MR) is 112 cm³/mol. The summed E-state index contributed by atoms with van der Waals surface area (Å²) in [4.78, 5) is 5.76. The van der Waals surface area contributed by atoms with Gasteiger partial charge in [0.05, 0.1) is 19.2 Å². The molecular weight excluding hydrogens is 463 g/mol. The first-order valence-corrected chi connectivity index (χ1v) is 10.2. The normalized spacial score (nSPS) is 18.7. The number of nitrogens with zero attached hydrogens (tertiary/aromatic N) is 7. The van der Waals surface area contributed by atoms with E-state index >= 15 is 0 Å². The smallest absolute Gasteiger partial charge is 0.408 e. The first-order valence-electron chi connectivity index (χ1n) is 10.2. The molecule has 1 N–H and O–H groups in total. The molecular formula is C20H19F5N8O. The summed E-state index contributed by atoms with van der Waals surface area (Å²) in [6.45, 7) is -1.53. The quantitative estimate of drug-likeness (QED) is 0.438. The number of fused-ring (bicyclic) bond motifs is 2. The van der Waals surface area contributed by atoms with E-state index in [0.717, 1.165) is 4.68 Å². The maximum Gasteiger partial charge on any atom is 0.408 e. The SMILES string of the molecule is COc1nc(NC2CN(C)CC2(F)F)nn2ccc(-c3ccc4nnn(CC(F)(F)F)c4c3)c12. The highest BCUT2D eigenvalue weighted by Gasteiger charge is 2.47. The lowest BCUT2D eigenvalue weighted by molar-refractivity contribution is -0.142. The molecule has 9 nitrogen and oxygen atoms in total. The highest BCUT2D eigenvalue weighted by molar-refractivity contribution is 5.89. The van der Waals surface area contributed by atoms with Crippen molar-refractivity contribution in [3.63, 3.8) is 0 Å². The largest absolute Gasteiger partial charge is 0.479 e. The van der Waals surface area contributed by atoms with Crippen LogP contribution in [-0.2, 0) is 6.54 Å². The Hall–Kier alpha value is -3.55. The first kappa shape index (κ1) is 22.3. The van der Waals surface area contributed by atoms with Crippen molar-refractivity contribution < 1.29 is 26.7 Å². The van der Waals surface area contributed by atoms with E-state index in [1.165, 1.54) is 22.6 Å². The maximum absolute atomic E-state index is 14.2. The van der Waals surface area contributed by atoms with E-state index in [2.05, 4.69) is 25.7 Å². The highest BCUT2D eigenvalue weighted by atomic mass is 19.4. The highest BCUT2D eigenvalue weighted by Crippen LogP contribution is 2.34. The number of ether oxygens (including phenoxy) is 1. The summed E-state index contributed by atoms with van der Waals surface area (Å²) in [5.41, 5.74) is 2.09. The molecule has 4 heterocycles. The van der Waals surface area contributed by atoms with Crippen LogP contribution in [0.1, 0.15) is 0 Å². The fourth-order valence-electron chi connectivity index (χ4n) is 4.13. The molecule has 0 amide bonds. The minimum atomic E-state index is -4.45. The van der Waals surface area contributed by atoms with E-state index in [4.69, 9.17) is 4.74 Å². The predicted octanol–water partition coefficient (Wildman–Crippen LogP) is 3.07. The molecule has 0 radical (unpaired) electrons. The zero-order chi connectivity index (χ0) is 24.3. The Morgan fingerprint density at radius 1 is 1.24 bits per heavy atom. The number of likely N-dealkylation sites (N-methyl/N-ethyl adjacent to an activating group) is 1. The van der Waals surface area contributed by atoms with Crippen LogP contribution in [0.5, 0.6) is 5.88 Å². The molecule has 1 fully saturated rings. The summed E-state index contributed by atoms with van der Waals surface area (Å²) in [5, 5.41) is 14.4. The summed E-state index contributed by atoms with van der Waals surface area (Å²) in [6, 6.07) is 5.31. The molecule has 1 aromatic carbocycles. The van der Waals surface area contributed by atoms with Crippen LogP contribution in [0, 0.1) is 0 Å². The number of benzene rings is 1. The van der Waals surface area contributed by atoms with Gasteiger partial charge >= 0.3 is 6.18 Å². The molecule has 14 heteroatoms. The van der Waals surface area contributed by atoms with Gasteiger partial charge in [0.1, 0.15) is 23.6 Å². The Labute approximate surface area is 189 Å². The molecule has 5 rings (SSSR count). The summed E-state index contributed by atoms with van der Waals surface area (Å²) in [5.74, 6) is -2.87. The third-order valence-electron chi connectivity index (χ3n) is 5.61. The van der Waals surface area contributed by atoms with Gasteiger partial charge < -0.3 is 10.1 Å². The van der Waals surface area contributed by atoms with Crippen LogP contribution < -0.4 is 10.1 Å². The fraction of sp³-hybridized carbons (Fsp3) is 0.400. The number of aromatic nitrogens is 6. The fourth-order valence-corrected chi connectivity index (χ4v) is 4.13. The molecule has 1 saturated heterocycles. The van der Waals surface area contributed by atoms with Gasteiger partial charge in [-0.3, -0.25) is 4.90 Å². The van der Waals surface area contributed by atoms with Crippen molar-refractivity contribution in [3.8, 4) is 17.0 Å². The van der Waals surface area contributed by atoms with Crippen molar-refractivity contribution in [2.45, 2.75) is 24.7 Å². The average molecular weight is 482 g/mol. The molecule has 180 valence electrons. The molecule has 4 aromatic rings. The van der Waals surface area contributed by atoms with E-state index in [1.54, 1.807) is 31.4 Å². The molecule has 1 atom stereocenters.